The van der Waals surface area contributed by atoms with Crippen LogP contribution in [0.15, 0.2) is 12.4 Å². The van der Waals surface area contributed by atoms with Crippen LogP contribution < -0.4 is 5.32 Å². The van der Waals surface area contributed by atoms with Crippen LogP contribution in [0, 0.1) is 5.92 Å². The maximum atomic E-state index is 11.5. The molecule has 0 bridgehead atoms. The molecule has 0 unspecified atom stereocenters. The van der Waals surface area contributed by atoms with E-state index >= 15 is 0 Å². The molecule has 0 atom stereocenters. The monoisotopic (exact) mass is 193 g/mol. The fourth-order valence-electron chi connectivity index (χ4n) is 1.52. The fourth-order valence-corrected chi connectivity index (χ4v) is 1.52. The van der Waals surface area contributed by atoms with Crippen LogP contribution in [0.5, 0.6) is 0 Å². The Hall–Kier alpha value is -1.32. The maximum Gasteiger partial charge on any atom is 0.227 e. The number of hydrogen-bond donors (Lipinski definition) is 1. The van der Waals surface area contributed by atoms with Gasteiger partial charge < -0.3 is 5.32 Å². The number of carbonyl (C=O) groups excluding carboxylic acids is 1. The number of hydrogen-bond acceptors (Lipinski definition) is 2. The lowest BCUT2D eigenvalue weighted by Gasteiger charge is -2.23. The largest absolute Gasteiger partial charge is 0.323 e. The third kappa shape index (κ3) is 1.78. The van der Waals surface area contributed by atoms with Gasteiger partial charge in [0, 0.05) is 18.7 Å². The Morgan fingerprint density at radius 3 is 3.00 bits per heavy atom. The zero-order valence-corrected chi connectivity index (χ0v) is 8.36. The summed E-state index contributed by atoms with van der Waals surface area (Å²) >= 11 is 0. The van der Waals surface area contributed by atoms with Gasteiger partial charge in [-0.1, -0.05) is 6.42 Å². The highest BCUT2D eigenvalue weighted by molar-refractivity contribution is 5.92. The third-order valence-corrected chi connectivity index (χ3v) is 2.70. The van der Waals surface area contributed by atoms with E-state index in [1.54, 1.807) is 10.9 Å². The zero-order chi connectivity index (χ0) is 9.97. The van der Waals surface area contributed by atoms with Crippen LogP contribution in [-0.2, 0) is 11.3 Å². The number of rotatable bonds is 3. The van der Waals surface area contributed by atoms with Crippen LogP contribution in [0.25, 0.3) is 0 Å². The molecule has 1 aromatic rings. The molecule has 1 N–H and O–H groups in total. The molecule has 2 rings (SSSR count). The van der Waals surface area contributed by atoms with Gasteiger partial charge in [0.1, 0.15) is 0 Å². The normalized spacial score (nSPS) is 16.4. The highest BCUT2D eigenvalue weighted by Crippen LogP contribution is 2.27. The van der Waals surface area contributed by atoms with E-state index in [9.17, 15) is 4.79 Å². The predicted octanol–water partition coefficient (Wildman–Crippen LogP) is 1.64. The molecule has 1 heterocycles. The van der Waals surface area contributed by atoms with Gasteiger partial charge in [0.25, 0.3) is 0 Å². The summed E-state index contributed by atoms with van der Waals surface area (Å²) in [4.78, 5) is 11.5. The van der Waals surface area contributed by atoms with Gasteiger partial charge in [-0.05, 0) is 19.8 Å². The van der Waals surface area contributed by atoms with E-state index in [0.29, 0.717) is 0 Å². The first-order valence-corrected chi connectivity index (χ1v) is 5.13. The maximum absolute atomic E-state index is 11.5. The Morgan fingerprint density at radius 1 is 1.71 bits per heavy atom. The summed E-state index contributed by atoms with van der Waals surface area (Å²) in [6, 6.07) is 0. The van der Waals surface area contributed by atoms with Gasteiger partial charge in [0.05, 0.1) is 11.9 Å². The first kappa shape index (κ1) is 9.24. The van der Waals surface area contributed by atoms with Crippen molar-refractivity contribution in [3.63, 3.8) is 0 Å². The van der Waals surface area contributed by atoms with Crippen LogP contribution in [-0.4, -0.2) is 15.7 Å². The smallest absolute Gasteiger partial charge is 0.227 e. The van der Waals surface area contributed by atoms with Gasteiger partial charge >= 0.3 is 0 Å². The van der Waals surface area contributed by atoms with Gasteiger partial charge in [-0.2, -0.15) is 5.10 Å². The minimum absolute atomic E-state index is 0.145. The zero-order valence-electron chi connectivity index (χ0n) is 8.36. The second-order valence-corrected chi connectivity index (χ2v) is 3.70. The molecule has 0 radical (unpaired) electrons. The molecule has 1 saturated carbocycles. The number of carbonyl (C=O) groups is 1. The Bertz CT molecular complexity index is 328. The number of aryl methyl sites for hydroxylation is 1. The Labute approximate surface area is 83.3 Å². The molecule has 1 aliphatic rings. The van der Waals surface area contributed by atoms with Crippen molar-refractivity contribution in [3.8, 4) is 0 Å². The van der Waals surface area contributed by atoms with Gasteiger partial charge in [-0.15, -0.1) is 0 Å². The lowest BCUT2D eigenvalue weighted by atomic mass is 9.85. The van der Waals surface area contributed by atoms with Crippen molar-refractivity contribution in [2.24, 2.45) is 5.92 Å². The molecule has 1 aromatic heterocycles. The molecule has 1 fully saturated rings. The molecular formula is C10H15N3O. The van der Waals surface area contributed by atoms with Crippen molar-refractivity contribution in [3.05, 3.63) is 12.4 Å². The lowest BCUT2D eigenvalue weighted by Crippen LogP contribution is -2.27. The summed E-state index contributed by atoms with van der Waals surface area (Å²) in [5.41, 5.74) is 0.809. The van der Waals surface area contributed by atoms with E-state index in [2.05, 4.69) is 10.4 Å². The highest BCUT2D eigenvalue weighted by atomic mass is 16.1. The second kappa shape index (κ2) is 3.82. The van der Waals surface area contributed by atoms with Crippen LogP contribution in [0.4, 0.5) is 5.69 Å². The van der Waals surface area contributed by atoms with Gasteiger partial charge in [-0.25, -0.2) is 0 Å². The van der Waals surface area contributed by atoms with Crippen molar-refractivity contribution in [2.45, 2.75) is 32.7 Å². The highest BCUT2D eigenvalue weighted by Gasteiger charge is 2.25. The predicted molar refractivity (Wildman–Crippen MR) is 53.9 cm³/mol. The number of anilines is 1. The number of aromatic nitrogens is 2. The summed E-state index contributed by atoms with van der Waals surface area (Å²) in [5, 5.41) is 6.97. The second-order valence-electron chi connectivity index (χ2n) is 3.70. The molecule has 14 heavy (non-hydrogen) atoms. The molecule has 0 aliphatic heterocycles. The van der Waals surface area contributed by atoms with Crippen LogP contribution in [0.2, 0.25) is 0 Å². The van der Waals surface area contributed by atoms with E-state index in [1.807, 2.05) is 13.1 Å². The van der Waals surface area contributed by atoms with E-state index in [1.165, 1.54) is 6.42 Å². The van der Waals surface area contributed by atoms with Crippen LogP contribution in [0.3, 0.4) is 0 Å². The van der Waals surface area contributed by atoms with E-state index < -0.39 is 0 Å². The molecule has 1 aliphatic carbocycles. The Balaban J connectivity index is 1.92. The quantitative estimate of drug-likeness (QED) is 0.793. The van der Waals surface area contributed by atoms with Gasteiger partial charge in [-0.3, -0.25) is 9.48 Å². The third-order valence-electron chi connectivity index (χ3n) is 2.70. The van der Waals surface area contributed by atoms with Crippen molar-refractivity contribution in [1.29, 1.82) is 0 Å². The average Bonchev–Trinajstić information content (AvgIpc) is 2.48. The Kier molecular flexibility index (Phi) is 2.52. The van der Waals surface area contributed by atoms with E-state index in [-0.39, 0.29) is 11.8 Å². The number of amides is 1. The number of nitrogens with one attached hydrogen (secondary N) is 1. The molecule has 76 valence electrons. The van der Waals surface area contributed by atoms with E-state index in [0.717, 1.165) is 25.1 Å². The molecule has 0 saturated heterocycles. The molecule has 0 aromatic carbocycles. The molecule has 4 nitrogen and oxygen atoms in total. The van der Waals surface area contributed by atoms with Crippen molar-refractivity contribution >= 4 is 11.6 Å². The van der Waals surface area contributed by atoms with Gasteiger partial charge in [0.15, 0.2) is 0 Å². The SMILES string of the molecule is CCn1cc(NC(=O)C2CCC2)cn1. The summed E-state index contributed by atoms with van der Waals surface area (Å²) in [6.07, 6.45) is 6.81. The summed E-state index contributed by atoms with van der Waals surface area (Å²) < 4.78 is 1.80. The average molecular weight is 193 g/mol. The minimum Gasteiger partial charge on any atom is -0.323 e. The van der Waals surface area contributed by atoms with Crippen LogP contribution in [0.1, 0.15) is 26.2 Å². The molecule has 0 spiro atoms. The molecule has 4 heteroatoms. The molecule has 1 amide bonds. The number of nitrogens with zero attached hydrogens (tertiary/aromatic N) is 2. The van der Waals surface area contributed by atoms with E-state index in [4.69, 9.17) is 0 Å². The first-order valence-electron chi connectivity index (χ1n) is 5.13. The van der Waals surface area contributed by atoms with Crippen molar-refractivity contribution < 1.29 is 4.79 Å². The van der Waals surface area contributed by atoms with Gasteiger partial charge in [0.2, 0.25) is 5.91 Å². The van der Waals surface area contributed by atoms with Crippen molar-refractivity contribution in [2.75, 3.05) is 5.32 Å². The summed E-state index contributed by atoms with van der Waals surface area (Å²) in [6.45, 7) is 2.85. The standard InChI is InChI=1S/C10H15N3O/c1-2-13-7-9(6-11-13)12-10(14)8-4-3-5-8/h6-8H,2-5H2,1H3,(H,12,14). The fraction of sp³-hybridized carbons (Fsp3) is 0.600. The minimum atomic E-state index is 0.145. The Morgan fingerprint density at radius 2 is 2.50 bits per heavy atom. The lowest BCUT2D eigenvalue weighted by molar-refractivity contribution is -0.122. The first-order chi connectivity index (χ1) is 6.79. The summed E-state index contributed by atoms with van der Waals surface area (Å²) in [7, 11) is 0. The topological polar surface area (TPSA) is 46.9 Å². The molecular weight excluding hydrogens is 178 g/mol. The van der Waals surface area contributed by atoms with Crippen molar-refractivity contribution in [1.82, 2.24) is 9.78 Å². The summed E-state index contributed by atoms with van der Waals surface area (Å²) in [5.74, 6) is 0.381. The van der Waals surface area contributed by atoms with Crippen LogP contribution >= 0.6 is 0 Å².